The van der Waals surface area contributed by atoms with E-state index in [1.165, 1.54) is 4.90 Å². The number of aryl methyl sites for hydroxylation is 2. The Kier molecular flexibility index (Phi) is 14.1. The number of phenols is 1. The van der Waals surface area contributed by atoms with Crippen LogP contribution in [0.2, 0.25) is 0 Å². The molecule has 3 aromatic carbocycles. The number of ether oxygens (including phenoxy) is 1. The number of nitrogen functional groups attached to an aromatic ring is 1. The number of β-amino-alcohol motifs (C(OH)–C–C–N with tert-alkyl or cyclic N) is 1. The molecule has 344 valence electrons. The van der Waals surface area contributed by atoms with Gasteiger partial charge < -0.3 is 35.4 Å². The predicted octanol–water partition coefficient (Wildman–Crippen LogP) is 7.65. The summed E-state index contributed by atoms with van der Waals surface area (Å²) in [5, 5.41) is 40.8. The molecule has 15 nitrogen and oxygen atoms in total. The fourth-order valence-corrected chi connectivity index (χ4v) is 9.06. The van der Waals surface area contributed by atoms with E-state index in [-0.39, 0.29) is 60.2 Å². The van der Waals surface area contributed by atoms with Crippen molar-refractivity contribution in [2.24, 2.45) is 5.92 Å². The van der Waals surface area contributed by atoms with Gasteiger partial charge in [-0.05, 0) is 85.1 Å². The normalized spacial score (nSPS) is 16.0. The highest BCUT2D eigenvalue weighted by Crippen LogP contribution is 2.34. The van der Waals surface area contributed by atoms with Crippen LogP contribution in [0.1, 0.15) is 97.8 Å². The van der Waals surface area contributed by atoms with Gasteiger partial charge in [-0.25, -0.2) is 4.98 Å². The van der Waals surface area contributed by atoms with Crippen molar-refractivity contribution in [3.63, 3.8) is 0 Å². The third kappa shape index (κ3) is 10.7. The highest BCUT2D eigenvalue weighted by Gasteiger charge is 2.43. The van der Waals surface area contributed by atoms with Crippen LogP contribution < -0.4 is 15.8 Å². The number of hydrogen-bond donors (Lipinski definition) is 4. The van der Waals surface area contributed by atoms with E-state index in [2.05, 4.69) is 73.8 Å². The second-order valence-electron chi connectivity index (χ2n) is 17.2. The Morgan fingerprint density at radius 1 is 1.00 bits per heavy atom. The summed E-state index contributed by atoms with van der Waals surface area (Å²) in [6, 6.07) is 25.4. The fraction of sp³-hybridized carbons (Fsp3) is 0.314. The van der Waals surface area contributed by atoms with E-state index in [0.717, 1.165) is 39.2 Å². The van der Waals surface area contributed by atoms with Crippen LogP contribution in [0.15, 0.2) is 107 Å². The lowest BCUT2D eigenvalue weighted by Crippen LogP contribution is -2.48. The first kappa shape index (κ1) is 46.2. The van der Waals surface area contributed by atoms with E-state index in [9.17, 15) is 19.8 Å². The molecule has 1 aliphatic heterocycles. The SMILES string of the molecule is Cc1ncsc1-c1ccc([C@H](C)NC(=O)[C@@H]2C[C@@H](O)CN2C(=O)[C@@H](c2cc(OCCCc3ccc(C(C)n4cc(C#Cc5cc(-c6ccccc6O)nnc5N)cn4)cc3)no2)C(C)C)cc1. The molecule has 4 aromatic heterocycles. The van der Waals surface area contributed by atoms with E-state index < -0.39 is 18.1 Å². The van der Waals surface area contributed by atoms with Gasteiger partial charge in [0, 0.05) is 30.8 Å². The van der Waals surface area contributed by atoms with E-state index in [0.29, 0.717) is 41.2 Å². The Balaban J connectivity index is 0.819. The lowest BCUT2D eigenvalue weighted by Gasteiger charge is -2.29. The van der Waals surface area contributed by atoms with Crippen molar-refractivity contribution in [2.45, 2.75) is 84.0 Å². The highest BCUT2D eigenvalue weighted by molar-refractivity contribution is 7.13. The molecule has 67 heavy (non-hydrogen) atoms. The van der Waals surface area contributed by atoms with Gasteiger partial charge in [-0.1, -0.05) is 86.4 Å². The summed E-state index contributed by atoms with van der Waals surface area (Å²) in [5.41, 5.74) is 15.3. The second-order valence-corrected chi connectivity index (χ2v) is 18.0. The van der Waals surface area contributed by atoms with Crippen LogP contribution in [0.3, 0.4) is 0 Å². The van der Waals surface area contributed by atoms with Gasteiger partial charge in [0.1, 0.15) is 17.7 Å². The Morgan fingerprint density at radius 2 is 1.76 bits per heavy atom. The molecule has 5 atom stereocenters. The van der Waals surface area contributed by atoms with Crippen molar-refractivity contribution >= 4 is 29.0 Å². The number of likely N-dealkylation sites (tertiary alicyclic amines) is 1. The molecular weight excluding hydrogens is 867 g/mol. The molecule has 1 fully saturated rings. The van der Waals surface area contributed by atoms with E-state index in [1.54, 1.807) is 47.9 Å². The summed E-state index contributed by atoms with van der Waals surface area (Å²) in [6.07, 6.45) is 4.38. The number of nitrogens with one attached hydrogen (secondary N) is 1. The molecule has 8 rings (SSSR count). The fourth-order valence-electron chi connectivity index (χ4n) is 8.25. The average molecular weight is 920 g/mol. The first-order valence-corrected chi connectivity index (χ1v) is 23.2. The summed E-state index contributed by atoms with van der Waals surface area (Å²) < 4.78 is 13.5. The first-order chi connectivity index (χ1) is 32.3. The number of amides is 2. The van der Waals surface area contributed by atoms with Crippen LogP contribution in [0.4, 0.5) is 5.82 Å². The minimum absolute atomic E-state index is 0.0430. The van der Waals surface area contributed by atoms with Gasteiger partial charge in [-0.2, -0.15) is 5.10 Å². The Morgan fingerprint density at radius 3 is 2.49 bits per heavy atom. The third-order valence-electron chi connectivity index (χ3n) is 12.1. The maximum Gasteiger partial charge on any atom is 0.254 e. The summed E-state index contributed by atoms with van der Waals surface area (Å²) >= 11 is 1.59. The van der Waals surface area contributed by atoms with Crippen molar-refractivity contribution in [1.29, 1.82) is 0 Å². The number of thiazole rings is 1. The van der Waals surface area contributed by atoms with Crippen molar-refractivity contribution in [2.75, 3.05) is 18.9 Å². The van der Waals surface area contributed by atoms with Gasteiger partial charge in [0.05, 0.1) is 63.9 Å². The topological polar surface area (TPSA) is 208 Å². The van der Waals surface area contributed by atoms with Crippen LogP contribution in [0, 0.1) is 24.7 Å². The molecule has 1 unspecified atom stereocenters. The highest BCUT2D eigenvalue weighted by atomic mass is 32.1. The number of anilines is 1. The third-order valence-corrected chi connectivity index (χ3v) is 13.0. The first-order valence-electron chi connectivity index (χ1n) is 22.3. The lowest BCUT2D eigenvalue weighted by atomic mass is 9.91. The summed E-state index contributed by atoms with van der Waals surface area (Å²) in [5.74, 6) is 5.54. The molecule has 0 radical (unpaired) electrons. The van der Waals surface area contributed by atoms with Crippen molar-refractivity contribution < 1.29 is 29.1 Å². The number of nitrogens with zero attached hydrogens (tertiary/aromatic N) is 7. The molecule has 0 bridgehead atoms. The molecule has 1 aliphatic rings. The molecule has 2 amide bonds. The number of carbonyl (C=O) groups is 2. The number of aromatic hydroxyl groups is 1. The number of aromatic nitrogens is 6. The number of aliphatic hydroxyl groups excluding tert-OH is 1. The quantitative estimate of drug-likeness (QED) is 0.0578. The molecule has 1 saturated heterocycles. The Hall–Kier alpha value is -7.35. The molecule has 16 heteroatoms. The zero-order valence-electron chi connectivity index (χ0n) is 38.0. The van der Waals surface area contributed by atoms with Crippen molar-refractivity contribution in [3.8, 4) is 45.2 Å². The predicted molar refractivity (Wildman–Crippen MR) is 255 cm³/mol. The number of benzene rings is 3. The number of carbonyl (C=O) groups excluding carboxylic acids is 2. The Labute approximate surface area is 393 Å². The van der Waals surface area contributed by atoms with Crippen LogP contribution in [-0.4, -0.2) is 82.3 Å². The van der Waals surface area contributed by atoms with E-state index in [1.807, 2.05) is 74.4 Å². The van der Waals surface area contributed by atoms with Gasteiger partial charge >= 0.3 is 0 Å². The summed E-state index contributed by atoms with van der Waals surface area (Å²) in [6.45, 7) is 10.2. The van der Waals surface area contributed by atoms with Crippen LogP contribution in [0.5, 0.6) is 11.6 Å². The molecule has 5 N–H and O–H groups in total. The van der Waals surface area contributed by atoms with E-state index in [4.69, 9.17) is 15.0 Å². The number of phenolic OH excluding ortho intramolecular Hbond substituents is 1. The van der Waals surface area contributed by atoms with E-state index >= 15 is 0 Å². The van der Waals surface area contributed by atoms with Gasteiger partial charge in [-0.3, -0.25) is 14.3 Å². The maximum absolute atomic E-state index is 14.2. The lowest BCUT2D eigenvalue weighted by molar-refractivity contribution is -0.141. The zero-order chi connectivity index (χ0) is 47.2. The summed E-state index contributed by atoms with van der Waals surface area (Å²) in [7, 11) is 0. The second kappa shape index (κ2) is 20.4. The molecule has 0 saturated carbocycles. The number of hydrogen-bond acceptors (Lipinski definition) is 13. The summed E-state index contributed by atoms with van der Waals surface area (Å²) in [4.78, 5) is 34.8. The molecule has 7 aromatic rings. The molecule has 0 aliphatic carbocycles. The minimum Gasteiger partial charge on any atom is -0.507 e. The van der Waals surface area contributed by atoms with Crippen molar-refractivity contribution in [3.05, 3.63) is 142 Å². The van der Waals surface area contributed by atoms with Crippen molar-refractivity contribution in [1.82, 2.24) is 40.3 Å². The monoisotopic (exact) mass is 919 g/mol. The van der Waals surface area contributed by atoms with Gasteiger partial charge in [0.25, 0.3) is 5.88 Å². The number of para-hydroxylation sites is 1. The van der Waals surface area contributed by atoms with Gasteiger partial charge in [-0.15, -0.1) is 21.5 Å². The van der Waals surface area contributed by atoms with Gasteiger partial charge in [0.2, 0.25) is 11.8 Å². The van der Waals surface area contributed by atoms with Crippen LogP contribution >= 0.6 is 11.3 Å². The minimum atomic E-state index is -0.838. The maximum atomic E-state index is 14.2. The molecule has 0 spiro atoms. The Bertz CT molecular complexity index is 2900. The number of rotatable bonds is 15. The van der Waals surface area contributed by atoms with Gasteiger partial charge in [0.15, 0.2) is 11.6 Å². The number of aliphatic hydroxyl groups is 1. The van der Waals surface area contributed by atoms with Crippen LogP contribution in [-0.2, 0) is 16.0 Å². The largest absolute Gasteiger partial charge is 0.507 e. The standard InChI is InChI=1S/C51H53N9O6S/c1-30(2)47(51(64)59-28-40(61)24-43(59)50(63)55-31(3)36-18-20-38(21-19-36)48-32(4)53-29-67-48)45-25-46(58-66-45)65-22-8-9-34-12-15-37(16-13-34)33(5)60-27-35(26-54-60)14-17-39-23-42(56-57-49(39)52)41-10-6-7-11-44(41)62/h6-7,10-13,15-16,18-21,23,25-27,29-31,33,40,43,47,61-62H,8-9,22,24,28H2,1-5H3,(H2,52,57)(H,55,63)/t31-,33?,40+,43-,47+/m0/s1. The average Bonchev–Trinajstić information content (AvgIpc) is 4.16. The number of nitrogens with two attached hydrogens (primary N) is 1. The zero-order valence-corrected chi connectivity index (χ0v) is 38.8. The van der Waals surface area contributed by atoms with Crippen LogP contribution in [0.25, 0.3) is 21.7 Å². The molecule has 5 heterocycles. The molecular formula is C51H53N9O6S. The smallest absolute Gasteiger partial charge is 0.254 e.